The van der Waals surface area contributed by atoms with Crippen molar-refractivity contribution in [2.24, 2.45) is 5.92 Å². The monoisotopic (exact) mass is 333 g/mol. The van der Waals surface area contributed by atoms with Crippen LogP contribution in [0.25, 0.3) is 0 Å². The van der Waals surface area contributed by atoms with Crippen LogP contribution in [-0.4, -0.2) is 27.7 Å². The molecule has 100 valence electrons. The normalized spacial score (nSPS) is 25.0. The molecule has 1 aliphatic heterocycles. The van der Waals surface area contributed by atoms with Gasteiger partial charge in [-0.1, -0.05) is 19.1 Å². The van der Waals surface area contributed by atoms with Gasteiger partial charge in [-0.3, -0.25) is 0 Å². The first kappa shape index (κ1) is 14.0. The maximum absolute atomic E-state index is 12.3. The molecule has 1 N–H and O–H groups in total. The third kappa shape index (κ3) is 3.12. The first-order valence-corrected chi connectivity index (χ1v) is 8.13. The average molecular weight is 334 g/mol. The van der Waals surface area contributed by atoms with Crippen LogP contribution in [0.4, 0.5) is 0 Å². The molecule has 1 heterocycles. The average Bonchev–Trinajstić information content (AvgIpc) is 2.32. The molecule has 1 fully saturated rings. The molecule has 0 spiro atoms. The molecule has 2 rings (SSSR count). The summed E-state index contributed by atoms with van der Waals surface area (Å²) in [5.74, 6) is 0.191. The zero-order valence-electron chi connectivity index (χ0n) is 10.1. The Morgan fingerprint density at radius 1 is 1.39 bits per heavy atom. The molecule has 0 amide bonds. The van der Waals surface area contributed by atoms with Gasteiger partial charge in [-0.05, 0) is 40.4 Å². The molecule has 2 unspecified atom stereocenters. The van der Waals surface area contributed by atoms with E-state index in [1.807, 2.05) is 6.92 Å². The van der Waals surface area contributed by atoms with Crippen LogP contribution in [0.1, 0.15) is 13.3 Å². The van der Waals surface area contributed by atoms with E-state index in [0.29, 0.717) is 24.1 Å². The van der Waals surface area contributed by atoms with Gasteiger partial charge < -0.3 is 4.74 Å². The zero-order chi connectivity index (χ0) is 13.2. The van der Waals surface area contributed by atoms with Crippen molar-refractivity contribution >= 4 is 26.0 Å². The lowest BCUT2D eigenvalue weighted by Crippen LogP contribution is -2.44. The predicted octanol–water partition coefficient (Wildman–Crippen LogP) is 2.15. The molecule has 0 radical (unpaired) electrons. The molecule has 1 aromatic rings. The number of nitrogens with one attached hydrogen (secondary N) is 1. The minimum atomic E-state index is -3.48. The van der Waals surface area contributed by atoms with Gasteiger partial charge in [-0.2, -0.15) is 0 Å². The quantitative estimate of drug-likeness (QED) is 0.922. The highest BCUT2D eigenvalue weighted by molar-refractivity contribution is 9.10. The summed E-state index contributed by atoms with van der Waals surface area (Å²) in [6, 6.07) is 6.77. The second-order valence-corrected chi connectivity index (χ2v) is 7.04. The summed E-state index contributed by atoms with van der Waals surface area (Å²) in [4.78, 5) is 0.281. The van der Waals surface area contributed by atoms with E-state index in [-0.39, 0.29) is 16.9 Å². The topological polar surface area (TPSA) is 55.4 Å². The van der Waals surface area contributed by atoms with E-state index >= 15 is 0 Å². The fourth-order valence-electron chi connectivity index (χ4n) is 1.98. The fourth-order valence-corrected chi connectivity index (χ4v) is 4.36. The molecule has 18 heavy (non-hydrogen) atoms. The van der Waals surface area contributed by atoms with E-state index in [1.54, 1.807) is 24.3 Å². The molecule has 2 atom stereocenters. The van der Waals surface area contributed by atoms with Crippen LogP contribution in [0, 0.1) is 5.92 Å². The van der Waals surface area contributed by atoms with Gasteiger partial charge in [0.15, 0.2) is 0 Å². The lowest BCUT2D eigenvalue weighted by Gasteiger charge is -2.29. The highest BCUT2D eigenvalue weighted by Gasteiger charge is 2.28. The van der Waals surface area contributed by atoms with Crippen LogP contribution in [0.5, 0.6) is 0 Å². The molecule has 0 aromatic heterocycles. The number of halogens is 1. The van der Waals surface area contributed by atoms with E-state index in [1.165, 1.54) is 0 Å². The molecular weight excluding hydrogens is 318 g/mol. The standard InChI is InChI=1S/C12H16BrNO3S/c1-9-8-17-7-6-11(9)14-18(15,16)12-5-3-2-4-10(12)13/h2-5,9,11,14H,6-8H2,1H3. The number of benzene rings is 1. The van der Waals surface area contributed by atoms with Crippen LogP contribution in [0.2, 0.25) is 0 Å². The number of hydrogen-bond acceptors (Lipinski definition) is 3. The van der Waals surface area contributed by atoms with Crippen molar-refractivity contribution in [2.75, 3.05) is 13.2 Å². The summed E-state index contributed by atoms with van der Waals surface area (Å²) in [6.07, 6.45) is 0.713. The van der Waals surface area contributed by atoms with Gasteiger partial charge in [0.2, 0.25) is 10.0 Å². The first-order chi connectivity index (χ1) is 8.50. The Morgan fingerprint density at radius 2 is 2.11 bits per heavy atom. The lowest BCUT2D eigenvalue weighted by atomic mass is 9.99. The SMILES string of the molecule is CC1COCCC1NS(=O)(=O)c1ccccc1Br. The molecular formula is C12H16BrNO3S. The van der Waals surface area contributed by atoms with E-state index in [0.717, 1.165) is 0 Å². The highest BCUT2D eigenvalue weighted by Crippen LogP contribution is 2.23. The van der Waals surface area contributed by atoms with Gasteiger partial charge in [-0.15, -0.1) is 0 Å². The van der Waals surface area contributed by atoms with Gasteiger partial charge in [0.1, 0.15) is 0 Å². The molecule has 1 aromatic carbocycles. The number of ether oxygens (including phenoxy) is 1. The summed E-state index contributed by atoms with van der Waals surface area (Å²) >= 11 is 3.27. The lowest BCUT2D eigenvalue weighted by molar-refractivity contribution is 0.0450. The van der Waals surface area contributed by atoms with E-state index < -0.39 is 10.0 Å². The van der Waals surface area contributed by atoms with Gasteiger partial charge in [0.25, 0.3) is 0 Å². The maximum atomic E-state index is 12.3. The van der Waals surface area contributed by atoms with Gasteiger partial charge >= 0.3 is 0 Å². The molecule has 0 bridgehead atoms. The fraction of sp³-hybridized carbons (Fsp3) is 0.500. The Hall–Kier alpha value is -0.430. The van der Waals surface area contributed by atoms with Crippen molar-refractivity contribution in [3.05, 3.63) is 28.7 Å². The Kier molecular flexibility index (Phi) is 4.42. The van der Waals surface area contributed by atoms with Crippen LogP contribution < -0.4 is 4.72 Å². The summed E-state index contributed by atoms with van der Waals surface area (Å²) in [5.41, 5.74) is 0. The van der Waals surface area contributed by atoms with Crippen molar-refractivity contribution in [1.29, 1.82) is 0 Å². The van der Waals surface area contributed by atoms with E-state index in [9.17, 15) is 8.42 Å². The second-order valence-electron chi connectivity index (χ2n) is 4.50. The zero-order valence-corrected chi connectivity index (χ0v) is 12.5. The Bertz CT molecular complexity index is 518. The molecule has 6 heteroatoms. The summed E-state index contributed by atoms with van der Waals surface area (Å²) in [7, 11) is -3.48. The third-order valence-corrected chi connectivity index (χ3v) is 5.58. The van der Waals surface area contributed by atoms with Crippen molar-refractivity contribution in [3.8, 4) is 0 Å². The molecule has 4 nitrogen and oxygen atoms in total. The minimum absolute atomic E-state index is 0.0594. The van der Waals surface area contributed by atoms with Crippen molar-refractivity contribution < 1.29 is 13.2 Å². The van der Waals surface area contributed by atoms with Crippen molar-refractivity contribution in [3.63, 3.8) is 0 Å². The largest absolute Gasteiger partial charge is 0.381 e. The number of sulfonamides is 1. The Morgan fingerprint density at radius 3 is 2.78 bits per heavy atom. The Balaban J connectivity index is 2.19. The highest BCUT2D eigenvalue weighted by atomic mass is 79.9. The van der Waals surface area contributed by atoms with Crippen LogP contribution in [0.15, 0.2) is 33.6 Å². The first-order valence-electron chi connectivity index (χ1n) is 5.85. The van der Waals surface area contributed by atoms with Crippen LogP contribution >= 0.6 is 15.9 Å². The molecule has 0 aliphatic carbocycles. The maximum Gasteiger partial charge on any atom is 0.241 e. The van der Waals surface area contributed by atoms with Gasteiger partial charge in [-0.25, -0.2) is 13.1 Å². The second kappa shape index (κ2) is 5.69. The van der Waals surface area contributed by atoms with E-state index in [2.05, 4.69) is 20.7 Å². The van der Waals surface area contributed by atoms with Crippen LogP contribution in [-0.2, 0) is 14.8 Å². The van der Waals surface area contributed by atoms with Crippen molar-refractivity contribution in [2.45, 2.75) is 24.3 Å². The Labute approximate surface area is 116 Å². The number of rotatable bonds is 3. The summed E-state index contributed by atoms with van der Waals surface area (Å²) in [6.45, 7) is 3.20. The van der Waals surface area contributed by atoms with Crippen LogP contribution in [0.3, 0.4) is 0 Å². The van der Waals surface area contributed by atoms with E-state index in [4.69, 9.17) is 4.74 Å². The predicted molar refractivity (Wildman–Crippen MR) is 72.9 cm³/mol. The van der Waals surface area contributed by atoms with Crippen molar-refractivity contribution in [1.82, 2.24) is 4.72 Å². The minimum Gasteiger partial charge on any atom is -0.381 e. The summed E-state index contributed by atoms with van der Waals surface area (Å²) in [5, 5.41) is 0. The number of hydrogen-bond donors (Lipinski definition) is 1. The molecule has 1 saturated heterocycles. The van der Waals surface area contributed by atoms with Gasteiger partial charge in [0.05, 0.1) is 11.5 Å². The smallest absolute Gasteiger partial charge is 0.241 e. The molecule has 0 saturated carbocycles. The summed E-state index contributed by atoms with van der Waals surface area (Å²) < 4.78 is 33.2. The third-order valence-electron chi connectivity index (χ3n) is 3.07. The van der Waals surface area contributed by atoms with Gasteiger partial charge in [0, 0.05) is 17.1 Å². The molecule has 1 aliphatic rings.